The molecule has 1 aromatic rings. The van der Waals surface area contributed by atoms with Crippen LogP contribution in [0.25, 0.3) is 0 Å². The van der Waals surface area contributed by atoms with Crippen LogP contribution >= 0.6 is 31.9 Å². The Morgan fingerprint density at radius 1 is 1.35 bits per heavy atom. The number of anilines is 1. The molecule has 0 aliphatic carbocycles. The van der Waals surface area contributed by atoms with Crippen molar-refractivity contribution in [2.45, 2.75) is 39.5 Å². The Bertz CT molecular complexity index is 414. The summed E-state index contributed by atoms with van der Waals surface area (Å²) in [5, 5.41) is 12.8. The smallest absolute Gasteiger partial charge is 0.0685 e. The molecule has 0 radical (unpaired) electrons. The van der Waals surface area contributed by atoms with Gasteiger partial charge in [-0.3, -0.25) is 0 Å². The van der Waals surface area contributed by atoms with E-state index >= 15 is 0 Å². The summed E-state index contributed by atoms with van der Waals surface area (Å²) >= 11 is 6.86. The van der Waals surface area contributed by atoms with Crippen molar-refractivity contribution in [3.05, 3.63) is 26.1 Å². The average Bonchev–Trinajstić information content (AvgIpc) is 2.22. The first kappa shape index (κ1) is 15.0. The van der Waals surface area contributed by atoms with Gasteiger partial charge in [0.1, 0.15) is 0 Å². The van der Waals surface area contributed by atoms with Crippen LogP contribution < -0.4 is 11.1 Å². The summed E-state index contributed by atoms with van der Waals surface area (Å²) in [4.78, 5) is 0. The van der Waals surface area contributed by atoms with E-state index in [1.807, 2.05) is 6.07 Å². The topological polar surface area (TPSA) is 58.3 Å². The van der Waals surface area contributed by atoms with Crippen molar-refractivity contribution in [3.63, 3.8) is 0 Å². The van der Waals surface area contributed by atoms with E-state index < -0.39 is 0 Å². The highest BCUT2D eigenvalue weighted by molar-refractivity contribution is 9.11. The van der Waals surface area contributed by atoms with E-state index in [4.69, 9.17) is 5.73 Å². The number of benzene rings is 1. The predicted molar refractivity (Wildman–Crippen MR) is 78.8 cm³/mol. The lowest BCUT2D eigenvalue weighted by Gasteiger charge is -2.23. The third-order valence-electron chi connectivity index (χ3n) is 2.41. The summed E-state index contributed by atoms with van der Waals surface area (Å²) in [7, 11) is 0. The molecular formula is C12H18Br2N2O. The summed E-state index contributed by atoms with van der Waals surface area (Å²) in [5.74, 6) is 0. The molecule has 0 saturated carbocycles. The highest BCUT2D eigenvalue weighted by Gasteiger charge is 2.15. The van der Waals surface area contributed by atoms with Gasteiger partial charge in [0.25, 0.3) is 0 Å². The zero-order chi connectivity index (χ0) is 13.2. The second kappa shape index (κ2) is 5.69. The molecule has 0 fully saturated rings. The molecule has 0 heterocycles. The van der Waals surface area contributed by atoms with Gasteiger partial charge in [-0.05, 0) is 69.8 Å². The van der Waals surface area contributed by atoms with Gasteiger partial charge in [0, 0.05) is 21.0 Å². The molecule has 4 N–H and O–H groups in total. The Morgan fingerprint density at radius 2 is 1.94 bits per heavy atom. The molecule has 5 heteroatoms. The lowest BCUT2D eigenvalue weighted by Crippen LogP contribution is -2.35. The molecular weight excluding hydrogens is 348 g/mol. The van der Waals surface area contributed by atoms with Crippen molar-refractivity contribution in [2.75, 3.05) is 5.73 Å². The standard InChI is InChI=1S/C12H18Br2N2O/c1-12(2,3)16-5-8-7(6-17)4-9(13)11(15)10(8)14/h4,16-17H,5-6,15H2,1-3H3. The van der Waals surface area contributed by atoms with Gasteiger partial charge in [0.05, 0.1) is 12.3 Å². The maximum absolute atomic E-state index is 9.38. The van der Waals surface area contributed by atoms with Gasteiger partial charge in [-0.1, -0.05) is 0 Å². The predicted octanol–water partition coefficient (Wildman–Crippen LogP) is 3.17. The SMILES string of the molecule is CC(C)(C)NCc1c(CO)cc(Br)c(N)c1Br. The fourth-order valence-corrected chi connectivity index (χ4v) is 2.76. The van der Waals surface area contributed by atoms with E-state index in [1.54, 1.807) is 0 Å². The van der Waals surface area contributed by atoms with E-state index in [9.17, 15) is 5.11 Å². The molecule has 0 bridgehead atoms. The van der Waals surface area contributed by atoms with Gasteiger partial charge < -0.3 is 16.2 Å². The lowest BCUT2D eigenvalue weighted by molar-refractivity contribution is 0.279. The second-order valence-corrected chi connectivity index (χ2v) is 6.63. The van der Waals surface area contributed by atoms with Crippen LogP contribution in [-0.4, -0.2) is 10.6 Å². The van der Waals surface area contributed by atoms with Gasteiger partial charge in [-0.2, -0.15) is 0 Å². The Balaban J connectivity index is 3.09. The molecule has 1 rings (SSSR count). The van der Waals surface area contributed by atoms with Gasteiger partial charge in [0.2, 0.25) is 0 Å². The summed E-state index contributed by atoms with van der Waals surface area (Å²) in [6.45, 7) is 6.96. The molecule has 3 nitrogen and oxygen atoms in total. The number of nitrogens with two attached hydrogens (primary N) is 1. The molecule has 0 saturated heterocycles. The molecule has 0 unspecified atom stereocenters. The normalized spacial score (nSPS) is 11.9. The molecule has 0 spiro atoms. The quantitative estimate of drug-likeness (QED) is 0.721. The van der Waals surface area contributed by atoms with Crippen LogP contribution in [0.1, 0.15) is 31.9 Å². The Kier molecular flexibility index (Phi) is 5.01. The molecule has 0 aliphatic heterocycles. The Hall–Kier alpha value is -0.100. The van der Waals surface area contributed by atoms with Gasteiger partial charge in [-0.25, -0.2) is 0 Å². The fraction of sp³-hybridized carbons (Fsp3) is 0.500. The van der Waals surface area contributed by atoms with Crippen molar-refractivity contribution < 1.29 is 5.11 Å². The van der Waals surface area contributed by atoms with Crippen molar-refractivity contribution >= 4 is 37.5 Å². The van der Waals surface area contributed by atoms with Crippen LogP contribution in [0.2, 0.25) is 0 Å². The molecule has 1 aromatic carbocycles. The van der Waals surface area contributed by atoms with E-state index in [-0.39, 0.29) is 12.1 Å². The zero-order valence-corrected chi connectivity index (χ0v) is 13.4. The minimum atomic E-state index is -0.00135. The molecule has 17 heavy (non-hydrogen) atoms. The zero-order valence-electron chi connectivity index (χ0n) is 10.3. The average molecular weight is 366 g/mol. The second-order valence-electron chi connectivity index (χ2n) is 4.99. The van der Waals surface area contributed by atoms with E-state index in [2.05, 4.69) is 57.9 Å². The minimum Gasteiger partial charge on any atom is -0.397 e. The number of halogens is 2. The van der Waals surface area contributed by atoms with Crippen LogP contribution in [0.5, 0.6) is 0 Å². The third kappa shape index (κ3) is 3.95. The summed E-state index contributed by atoms with van der Waals surface area (Å²) < 4.78 is 1.64. The molecule has 96 valence electrons. The highest BCUT2D eigenvalue weighted by Crippen LogP contribution is 2.34. The number of hydrogen-bond acceptors (Lipinski definition) is 3. The number of aliphatic hydroxyl groups excluding tert-OH is 1. The lowest BCUT2D eigenvalue weighted by atomic mass is 10.0. The van der Waals surface area contributed by atoms with Crippen molar-refractivity contribution in [3.8, 4) is 0 Å². The van der Waals surface area contributed by atoms with Crippen LogP contribution in [0.15, 0.2) is 15.0 Å². The van der Waals surface area contributed by atoms with Crippen LogP contribution in [0, 0.1) is 0 Å². The first-order chi connectivity index (χ1) is 7.76. The molecule has 0 aromatic heterocycles. The molecule has 0 aliphatic rings. The van der Waals surface area contributed by atoms with Crippen molar-refractivity contribution in [1.82, 2.24) is 5.32 Å². The maximum atomic E-state index is 9.38. The van der Waals surface area contributed by atoms with E-state index in [0.29, 0.717) is 12.2 Å². The fourth-order valence-electron chi connectivity index (χ4n) is 1.41. The first-order valence-electron chi connectivity index (χ1n) is 5.37. The van der Waals surface area contributed by atoms with Gasteiger partial charge in [-0.15, -0.1) is 0 Å². The maximum Gasteiger partial charge on any atom is 0.0685 e. The van der Waals surface area contributed by atoms with Crippen LogP contribution in [0.4, 0.5) is 5.69 Å². The number of nitrogen functional groups attached to an aromatic ring is 1. The Morgan fingerprint density at radius 3 is 2.41 bits per heavy atom. The van der Waals surface area contributed by atoms with Crippen molar-refractivity contribution in [1.29, 1.82) is 0 Å². The van der Waals surface area contributed by atoms with Crippen LogP contribution in [-0.2, 0) is 13.2 Å². The summed E-state index contributed by atoms with van der Waals surface area (Å²) in [5.41, 5.74) is 8.50. The van der Waals surface area contributed by atoms with E-state index in [0.717, 1.165) is 20.1 Å². The van der Waals surface area contributed by atoms with Crippen LogP contribution in [0.3, 0.4) is 0 Å². The highest BCUT2D eigenvalue weighted by atomic mass is 79.9. The summed E-state index contributed by atoms with van der Waals surface area (Å²) in [6, 6.07) is 1.86. The minimum absolute atomic E-state index is 0.00135. The number of nitrogens with one attached hydrogen (secondary N) is 1. The van der Waals surface area contributed by atoms with Gasteiger partial charge in [0.15, 0.2) is 0 Å². The van der Waals surface area contributed by atoms with E-state index in [1.165, 1.54) is 0 Å². The molecule has 0 atom stereocenters. The third-order valence-corrected chi connectivity index (χ3v) is 3.98. The van der Waals surface area contributed by atoms with Crippen molar-refractivity contribution in [2.24, 2.45) is 0 Å². The number of hydrogen-bond donors (Lipinski definition) is 3. The summed E-state index contributed by atoms with van der Waals surface area (Å²) in [6.07, 6.45) is 0. The number of aliphatic hydroxyl groups is 1. The molecule has 0 amide bonds. The van der Waals surface area contributed by atoms with Gasteiger partial charge >= 0.3 is 0 Å². The largest absolute Gasteiger partial charge is 0.397 e. The first-order valence-corrected chi connectivity index (χ1v) is 6.96. The number of rotatable bonds is 3. The monoisotopic (exact) mass is 364 g/mol. The Labute approximate surface area is 119 Å².